The van der Waals surface area contributed by atoms with Gasteiger partial charge in [0.15, 0.2) is 5.78 Å². The van der Waals surface area contributed by atoms with E-state index >= 15 is 0 Å². The summed E-state index contributed by atoms with van der Waals surface area (Å²) in [7, 11) is 0. The summed E-state index contributed by atoms with van der Waals surface area (Å²) in [4.78, 5) is 12.7. The van der Waals surface area contributed by atoms with Crippen LogP contribution in [0.5, 0.6) is 0 Å². The monoisotopic (exact) mass is 402 g/mol. The highest BCUT2D eigenvalue weighted by molar-refractivity contribution is 9.10. The Balaban J connectivity index is 1.67. The number of ketones is 1. The Labute approximate surface area is 162 Å². The largest absolute Gasteiger partial charge is 0.289 e. The molecule has 0 heterocycles. The van der Waals surface area contributed by atoms with E-state index in [-0.39, 0.29) is 11.2 Å². The van der Waals surface area contributed by atoms with Crippen LogP contribution in [0.4, 0.5) is 0 Å². The van der Waals surface area contributed by atoms with E-state index in [1.54, 1.807) is 6.08 Å². The van der Waals surface area contributed by atoms with Crippen LogP contribution in [0.3, 0.4) is 0 Å². The molecule has 0 saturated carbocycles. The average Bonchev–Trinajstić information content (AvgIpc) is 2.89. The summed E-state index contributed by atoms with van der Waals surface area (Å²) < 4.78 is 1.03. The molecule has 0 radical (unpaired) electrons. The number of carbonyl (C=O) groups is 1. The van der Waals surface area contributed by atoms with Gasteiger partial charge in [0.25, 0.3) is 0 Å². The first-order valence-corrected chi connectivity index (χ1v) is 9.48. The van der Waals surface area contributed by atoms with Crippen molar-refractivity contribution in [3.63, 3.8) is 0 Å². The van der Waals surface area contributed by atoms with Crippen LogP contribution in [0.1, 0.15) is 40.9 Å². The van der Waals surface area contributed by atoms with Gasteiger partial charge < -0.3 is 0 Å². The molecule has 128 valence electrons. The number of fused-ring (bicyclic) bond motifs is 3. The predicted molar refractivity (Wildman–Crippen MR) is 112 cm³/mol. The zero-order valence-electron chi connectivity index (χ0n) is 14.8. The van der Waals surface area contributed by atoms with Gasteiger partial charge in [-0.05, 0) is 52.1 Å². The van der Waals surface area contributed by atoms with Gasteiger partial charge in [0.1, 0.15) is 0 Å². The second kappa shape index (κ2) is 6.37. The summed E-state index contributed by atoms with van der Waals surface area (Å²) in [6.45, 7) is 4.45. The second-order valence-electron chi connectivity index (χ2n) is 7.18. The Bertz CT molecular complexity index is 1030. The van der Waals surface area contributed by atoms with Gasteiger partial charge in [0, 0.05) is 15.5 Å². The predicted octanol–water partition coefficient (Wildman–Crippen LogP) is 6.65. The molecule has 4 rings (SSSR count). The molecule has 0 saturated heterocycles. The molecule has 3 aromatic carbocycles. The molecule has 0 aromatic heterocycles. The molecule has 1 aliphatic rings. The van der Waals surface area contributed by atoms with E-state index in [1.807, 2.05) is 36.4 Å². The van der Waals surface area contributed by atoms with Crippen molar-refractivity contribution in [2.75, 3.05) is 0 Å². The minimum absolute atomic E-state index is 0.0301. The third-order valence-corrected chi connectivity index (χ3v) is 5.69. The van der Waals surface area contributed by atoms with Gasteiger partial charge in [-0.25, -0.2) is 0 Å². The lowest BCUT2D eigenvalue weighted by Gasteiger charge is -2.21. The third-order valence-electron chi connectivity index (χ3n) is 5.17. The zero-order valence-corrected chi connectivity index (χ0v) is 16.4. The number of halogens is 1. The molecule has 3 aromatic rings. The van der Waals surface area contributed by atoms with Gasteiger partial charge in [-0.3, -0.25) is 4.79 Å². The topological polar surface area (TPSA) is 17.1 Å². The van der Waals surface area contributed by atoms with E-state index in [1.165, 1.54) is 22.3 Å². The fourth-order valence-corrected chi connectivity index (χ4v) is 3.96. The summed E-state index contributed by atoms with van der Waals surface area (Å²) in [5, 5.41) is 0. The van der Waals surface area contributed by atoms with Crippen molar-refractivity contribution in [2.45, 2.75) is 19.3 Å². The molecule has 0 N–H and O–H groups in total. The van der Waals surface area contributed by atoms with Crippen LogP contribution in [0.25, 0.3) is 17.2 Å². The van der Waals surface area contributed by atoms with Crippen LogP contribution in [0.2, 0.25) is 0 Å². The first kappa shape index (κ1) is 17.0. The maximum Gasteiger partial charge on any atom is 0.185 e. The van der Waals surface area contributed by atoms with Gasteiger partial charge in [-0.2, -0.15) is 0 Å². The molecule has 0 amide bonds. The minimum Gasteiger partial charge on any atom is -0.289 e. The standard InChI is InChI=1S/C24H19BrO/c1-24(2)21-6-4-3-5-19(21)20-13-10-17(15-22(20)24)23(26)14-9-16-7-11-18(25)12-8-16/h3-15H,1-2H3. The Morgan fingerprint density at radius 2 is 1.58 bits per heavy atom. The Kier molecular flexibility index (Phi) is 4.16. The van der Waals surface area contributed by atoms with Crippen molar-refractivity contribution < 1.29 is 4.79 Å². The maximum absolute atomic E-state index is 12.7. The van der Waals surface area contributed by atoms with Crippen LogP contribution in [-0.4, -0.2) is 5.78 Å². The van der Waals surface area contributed by atoms with E-state index in [0.29, 0.717) is 0 Å². The molecule has 0 fully saturated rings. The number of carbonyl (C=O) groups excluding carboxylic acids is 1. The summed E-state index contributed by atoms with van der Waals surface area (Å²) >= 11 is 3.42. The molecule has 0 aliphatic heterocycles. The molecule has 26 heavy (non-hydrogen) atoms. The number of allylic oxidation sites excluding steroid dienone is 1. The van der Waals surface area contributed by atoms with Crippen LogP contribution in [-0.2, 0) is 5.41 Å². The van der Waals surface area contributed by atoms with E-state index in [4.69, 9.17) is 0 Å². The highest BCUT2D eigenvalue weighted by Gasteiger charge is 2.35. The molecule has 1 nitrogen and oxygen atoms in total. The number of hydrogen-bond donors (Lipinski definition) is 0. The molecule has 1 aliphatic carbocycles. The Hall–Kier alpha value is -2.45. The molecule has 2 heteroatoms. The van der Waals surface area contributed by atoms with Crippen LogP contribution >= 0.6 is 15.9 Å². The van der Waals surface area contributed by atoms with Crippen LogP contribution in [0, 0.1) is 0 Å². The molecule has 0 bridgehead atoms. The first-order valence-electron chi connectivity index (χ1n) is 8.69. The first-order chi connectivity index (χ1) is 12.5. The smallest absolute Gasteiger partial charge is 0.185 e. The van der Waals surface area contributed by atoms with Gasteiger partial charge >= 0.3 is 0 Å². The van der Waals surface area contributed by atoms with Gasteiger partial charge in [-0.1, -0.05) is 84.4 Å². The van der Waals surface area contributed by atoms with Crippen LogP contribution in [0.15, 0.2) is 77.3 Å². The maximum atomic E-state index is 12.7. The lowest BCUT2D eigenvalue weighted by atomic mass is 9.82. The average molecular weight is 403 g/mol. The third kappa shape index (κ3) is 2.85. The summed E-state index contributed by atoms with van der Waals surface area (Å²) in [5.41, 5.74) is 6.72. The van der Waals surface area contributed by atoms with Crippen molar-refractivity contribution in [3.8, 4) is 11.1 Å². The lowest BCUT2D eigenvalue weighted by Crippen LogP contribution is -2.15. The van der Waals surface area contributed by atoms with E-state index in [0.717, 1.165) is 15.6 Å². The summed E-state index contributed by atoms with van der Waals surface area (Å²) in [5.74, 6) is 0.0301. The number of benzene rings is 3. The fraction of sp³-hybridized carbons (Fsp3) is 0.125. The number of rotatable bonds is 3. The fourth-order valence-electron chi connectivity index (χ4n) is 3.70. The van der Waals surface area contributed by atoms with E-state index in [2.05, 4.69) is 66.2 Å². The second-order valence-corrected chi connectivity index (χ2v) is 8.10. The van der Waals surface area contributed by atoms with Crippen molar-refractivity contribution >= 4 is 27.8 Å². The van der Waals surface area contributed by atoms with Crippen molar-refractivity contribution in [1.82, 2.24) is 0 Å². The quantitative estimate of drug-likeness (QED) is 0.353. The van der Waals surface area contributed by atoms with Gasteiger partial charge in [0.2, 0.25) is 0 Å². The SMILES string of the molecule is CC1(C)c2ccccc2-c2ccc(C(=O)C=Cc3ccc(Br)cc3)cc21. The lowest BCUT2D eigenvalue weighted by molar-refractivity contribution is 0.104. The summed E-state index contributed by atoms with van der Waals surface area (Å²) in [6, 6.07) is 22.5. The molecular formula is C24H19BrO. The van der Waals surface area contributed by atoms with Crippen molar-refractivity contribution in [2.24, 2.45) is 0 Å². The molecule has 0 atom stereocenters. The van der Waals surface area contributed by atoms with E-state index < -0.39 is 0 Å². The van der Waals surface area contributed by atoms with Crippen LogP contribution < -0.4 is 0 Å². The van der Waals surface area contributed by atoms with Crippen molar-refractivity contribution in [3.05, 3.63) is 99.5 Å². The highest BCUT2D eigenvalue weighted by Crippen LogP contribution is 2.48. The highest BCUT2D eigenvalue weighted by atomic mass is 79.9. The minimum atomic E-state index is -0.0857. The van der Waals surface area contributed by atoms with Gasteiger partial charge in [0.05, 0.1) is 0 Å². The normalized spacial score (nSPS) is 14.3. The van der Waals surface area contributed by atoms with Gasteiger partial charge in [-0.15, -0.1) is 0 Å². The Morgan fingerprint density at radius 3 is 2.35 bits per heavy atom. The molecule has 0 spiro atoms. The zero-order chi connectivity index (χ0) is 18.3. The van der Waals surface area contributed by atoms with E-state index in [9.17, 15) is 4.79 Å². The van der Waals surface area contributed by atoms with Crippen molar-refractivity contribution in [1.29, 1.82) is 0 Å². The number of hydrogen-bond acceptors (Lipinski definition) is 1. The molecular weight excluding hydrogens is 384 g/mol. The Morgan fingerprint density at radius 1 is 0.885 bits per heavy atom. The molecule has 0 unspecified atom stereocenters. The summed E-state index contributed by atoms with van der Waals surface area (Å²) in [6.07, 6.45) is 3.52.